The summed E-state index contributed by atoms with van der Waals surface area (Å²) >= 11 is 6.06. The molecule has 3 heterocycles. The number of urea groups is 1. The van der Waals surface area contributed by atoms with Gasteiger partial charge in [-0.15, -0.1) is 0 Å². The van der Waals surface area contributed by atoms with E-state index in [9.17, 15) is 4.79 Å². The number of anilines is 2. The zero-order valence-corrected chi connectivity index (χ0v) is 17.2. The van der Waals surface area contributed by atoms with E-state index in [1.165, 1.54) is 0 Å². The van der Waals surface area contributed by atoms with Crippen LogP contribution in [0.4, 0.5) is 16.3 Å². The third-order valence-electron chi connectivity index (χ3n) is 4.36. The Kier molecular flexibility index (Phi) is 5.99. The number of pyridine rings is 2. The first-order chi connectivity index (χ1) is 13.4. The van der Waals surface area contributed by atoms with Crippen molar-refractivity contribution < 1.29 is 4.79 Å². The molecule has 0 spiro atoms. The van der Waals surface area contributed by atoms with Gasteiger partial charge >= 0.3 is 6.03 Å². The molecule has 0 saturated carbocycles. The van der Waals surface area contributed by atoms with Crippen LogP contribution in [0.15, 0.2) is 18.2 Å². The Hall–Kier alpha value is -2.87. The Morgan fingerprint density at radius 1 is 1.21 bits per heavy atom. The summed E-state index contributed by atoms with van der Waals surface area (Å²) in [5.41, 5.74) is 9.58. The molecule has 0 saturated heterocycles. The van der Waals surface area contributed by atoms with Crippen LogP contribution in [0.1, 0.15) is 36.7 Å². The van der Waals surface area contributed by atoms with Crippen LogP contribution in [0.2, 0.25) is 5.15 Å². The van der Waals surface area contributed by atoms with Gasteiger partial charge in [0.05, 0.1) is 5.69 Å². The summed E-state index contributed by atoms with van der Waals surface area (Å²) in [6.07, 6.45) is 2.90. The van der Waals surface area contributed by atoms with Gasteiger partial charge in [-0.05, 0) is 50.5 Å². The summed E-state index contributed by atoms with van der Waals surface area (Å²) in [7, 11) is 1.84. The molecule has 0 unspecified atom stereocenters. The van der Waals surface area contributed by atoms with Crippen molar-refractivity contribution in [2.45, 2.75) is 40.0 Å². The van der Waals surface area contributed by atoms with Crippen LogP contribution in [0.25, 0.3) is 11.0 Å². The second-order valence-electron chi connectivity index (χ2n) is 6.71. The summed E-state index contributed by atoms with van der Waals surface area (Å²) in [5, 5.41) is 8.51. The van der Waals surface area contributed by atoms with E-state index >= 15 is 0 Å². The lowest BCUT2D eigenvalue weighted by molar-refractivity contribution is 0.254. The van der Waals surface area contributed by atoms with Crippen LogP contribution in [0.3, 0.4) is 0 Å². The van der Waals surface area contributed by atoms with Gasteiger partial charge in [0.2, 0.25) is 0 Å². The fraction of sp³-hybridized carbons (Fsp3) is 0.368. The Balaban J connectivity index is 1.67. The molecular weight excluding hydrogens is 378 g/mol. The van der Waals surface area contributed by atoms with Gasteiger partial charge in [-0.25, -0.2) is 14.8 Å². The molecule has 0 aliphatic carbocycles. The maximum Gasteiger partial charge on any atom is 0.337 e. The number of hydrogen-bond acceptors (Lipinski definition) is 5. The number of nitrogens with one attached hydrogen (secondary N) is 3. The van der Waals surface area contributed by atoms with Crippen molar-refractivity contribution >= 4 is 40.2 Å². The number of unbranched alkanes of at least 4 members (excludes halogenated alkanes) is 1. The highest BCUT2D eigenvalue weighted by Gasteiger charge is 2.11. The second kappa shape index (κ2) is 8.43. The van der Waals surface area contributed by atoms with Crippen LogP contribution in [0, 0.1) is 13.8 Å². The topological polar surface area (TPSA) is 96.8 Å². The van der Waals surface area contributed by atoms with Crippen molar-refractivity contribution in [2.24, 2.45) is 7.05 Å². The molecule has 9 heteroatoms. The number of hydrazine groups is 1. The molecule has 3 aromatic rings. The molecule has 3 aromatic heterocycles. The van der Waals surface area contributed by atoms with Crippen molar-refractivity contribution in [3.8, 4) is 0 Å². The molecule has 3 rings (SSSR count). The third-order valence-corrected chi connectivity index (χ3v) is 4.56. The molecule has 8 nitrogen and oxygen atoms in total. The van der Waals surface area contributed by atoms with Crippen molar-refractivity contribution in [1.29, 1.82) is 0 Å². The first kappa shape index (κ1) is 19.9. The van der Waals surface area contributed by atoms with E-state index < -0.39 is 6.03 Å². The van der Waals surface area contributed by atoms with Gasteiger partial charge in [0, 0.05) is 23.8 Å². The van der Waals surface area contributed by atoms with Crippen molar-refractivity contribution in [1.82, 2.24) is 25.2 Å². The van der Waals surface area contributed by atoms with Gasteiger partial charge in [0.1, 0.15) is 11.0 Å². The van der Waals surface area contributed by atoms with E-state index in [1.807, 2.05) is 33.0 Å². The largest absolute Gasteiger partial charge is 0.337 e. The Morgan fingerprint density at radius 3 is 2.75 bits per heavy atom. The van der Waals surface area contributed by atoms with Crippen molar-refractivity contribution in [3.05, 3.63) is 40.3 Å². The highest BCUT2D eigenvalue weighted by atomic mass is 35.5. The molecule has 0 aromatic carbocycles. The van der Waals surface area contributed by atoms with Crippen molar-refractivity contribution in [3.63, 3.8) is 0 Å². The molecule has 0 radical (unpaired) electrons. The normalized spacial score (nSPS) is 10.9. The maximum absolute atomic E-state index is 12.2. The summed E-state index contributed by atoms with van der Waals surface area (Å²) in [6, 6.07) is 4.88. The number of fused-ring (bicyclic) bond motifs is 1. The van der Waals surface area contributed by atoms with Crippen LogP contribution in [0.5, 0.6) is 0 Å². The van der Waals surface area contributed by atoms with Crippen molar-refractivity contribution in [2.75, 3.05) is 10.7 Å². The molecule has 0 bridgehead atoms. The average molecular weight is 402 g/mol. The maximum atomic E-state index is 12.2. The number of nitrogens with zero attached hydrogens (tertiary/aromatic N) is 4. The van der Waals surface area contributed by atoms with E-state index in [4.69, 9.17) is 11.6 Å². The predicted molar refractivity (Wildman–Crippen MR) is 112 cm³/mol. The molecule has 3 N–H and O–H groups in total. The van der Waals surface area contributed by atoms with E-state index in [2.05, 4.69) is 38.2 Å². The molecule has 0 fully saturated rings. The van der Waals surface area contributed by atoms with Crippen LogP contribution in [-0.2, 0) is 13.5 Å². The number of halogens is 1. The average Bonchev–Trinajstić information content (AvgIpc) is 2.92. The quantitative estimate of drug-likeness (QED) is 0.426. The third kappa shape index (κ3) is 4.51. The Labute approximate surface area is 168 Å². The van der Waals surface area contributed by atoms with Crippen LogP contribution < -0.4 is 16.2 Å². The minimum absolute atomic E-state index is 0.353. The van der Waals surface area contributed by atoms with Crippen LogP contribution in [-0.4, -0.2) is 25.8 Å². The Morgan fingerprint density at radius 2 is 2.00 bits per heavy atom. The number of aromatic nitrogens is 4. The lowest BCUT2D eigenvalue weighted by Crippen LogP contribution is -2.34. The standard InChI is InChI=1S/C19H24ClN7O/c1-5-6-7-13-9-14(10-15(20)21-13)22-19(28)25-24-16-8-11(2)17-12(3)26-27(4)18(17)23-16/h8-10H,5-7H2,1-4H3,(H,23,24)(H2,21,22,25,28). The highest BCUT2D eigenvalue weighted by Crippen LogP contribution is 2.22. The number of rotatable bonds is 6. The monoisotopic (exact) mass is 401 g/mol. The first-order valence-electron chi connectivity index (χ1n) is 9.17. The molecule has 28 heavy (non-hydrogen) atoms. The number of aryl methyl sites for hydroxylation is 4. The van der Waals surface area contributed by atoms with Gasteiger partial charge in [-0.2, -0.15) is 5.10 Å². The second-order valence-corrected chi connectivity index (χ2v) is 7.10. The minimum atomic E-state index is -0.426. The van der Waals surface area contributed by atoms with Gasteiger partial charge in [0.15, 0.2) is 5.65 Å². The number of carbonyl (C=O) groups excluding carboxylic acids is 1. The minimum Gasteiger partial charge on any atom is -0.306 e. The lowest BCUT2D eigenvalue weighted by Gasteiger charge is -2.11. The summed E-state index contributed by atoms with van der Waals surface area (Å²) < 4.78 is 1.72. The molecule has 0 atom stereocenters. The summed E-state index contributed by atoms with van der Waals surface area (Å²) in [4.78, 5) is 21.0. The van der Waals surface area contributed by atoms with Gasteiger partial charge in [-0.3, -0.25) is 15.5 Å². The highest BCUT2D eigenvalue weighted by molar-refractivity contribution is 6.29. The fourth-order valence-corrected chi connectivity index (χ4v) is 3.34. The van der Waals surface area contributed by atoms with Gasteiger partial charge in [-0.1, -0.05) is 24.9 Å². The smallest absolute Gasteiger partial charge is 0.306 e. The number of hydrogen-bond donors (Lipinski definition) is 3. The Bertz CT molecular complexity index is 1020. The van der Waals surface area contributed by atoms with E-state index in [-0.39, 0.29) is 0 Å². The van der Waals surface area contributed by atoms with E-state index in [0.29, 0.717) is 16.7 Å². The summed E-state index contributed by atoms with van der Waals surface area (Å²) in [5.74, 6) is 0.527. The predicted octanol–water partition coefficient (Wildman–Crippen LogP) is 4.12. The molecule has 2 amide bonds. The molecular formula is C19H24ClN7O. The molecule has 0 aliphatic heterocycles. The lowest BCUT2D eigenvalue weighted by atomic mass is 10.1. The number of carbonyl (C=O) groups is 1. The first-order valence-corrected chi connectivity index (χ1v) is 9.55. The zero-order valence-electron chi connectivity index (χ0n) is 16.4. The van der Waals surface area contributed by atoms with E-state index in [0.717, 1.165) is 47.2 Å². The number of amides is 2. The van der Waals surface area contributed by atoms with Crippen LogP contribution >= 0.6 is 11.6 Å². The van der Waals surface area contributed by atoms with E-state index in [1.54, 1.807) is 10.7 Å². The SMILES string of the molecule is CCCCc1cc(NC(=O)NNc2cc(C)c3c(C)nn(C)c3n2)cc(Cl)n1. The van der Waals surface area contributed by atoms with Gasteiger partial charge < -0.3 is 5.32 Å². The summed E-state index contributed by atoms with van der Waals surface area (Å²) in [6.45, 7) is 6.05. The fourth-order valence-electron chi connectivity index (χ4n) is 3.12. The molecule has 148 valence electrons. The van der Waals surface area contributed by atoms with Gasteiger partial charge in [0.25, 0.3) is 0 Å². The molecule has 0 aliphatic rings. The zero-order chi connectivity index (χ0) is 20.3.